The first-order valence-electron chi connectivity index (χ1n) is 6.44. The predicted octanol–water partition coefficient (Wildman–Crippen LogP) is 3.32. The summed E-state index contributed by atoms with van der Waals surface area (Å²) in [5.41, 5.74) is 0.942. The van der Waals surface area contributed by atoms with Gasteiger partial charge in [-0.25, -0.2) is 0 Å². The Bertz CT molecular complexity index is 538. The molecule has 1 aromatic carbocycles. The van der Waals surface area contributed by atoms with Crippen molar-refractivity contribution in [3.05, 3.63) is 24.3 Å². The normalized spacial score (nSPS) is 20.6. The van der Waals surface area contributed by atoms with Crippen LogP contribution in [-0.2, 0) is 4.79 Å². The first kappa shape index (κ1) is 12.9. The molecule has 19 heavy (non-hydrogen) atoms. The Morgan fingerprint density at radius 2 is 2.05 bits per heavy atom. The zero-order chi connectivity index (χ0) is 13.5. The van der Waals surface area contributed by atoms with Crippen LogP contribution in [0.25, 0.3) is 0 Å². The van der Waals surface area contributed by atoms with E-state index in [1.54, 1.807) is 0 Å². The highest BCUT2D eigenvalue weighted by atomic mass is 32.2. The highest BCUT2D eigenvalue weighted by Crippen LogP contribution is 2.53. The molecule has 1 saturated carbocycles. The summed E-state index contributed by atoms with van der Waals surface area (Å²) in [5.74, 6) is -0.836. The third-order valence-electron chi connectivity index (χ3n) is 3.80. The topological polar surface area (TPSA) is 40.5 Å². The van der Waals surface area contributed by atoms with Gasteiger partial charge in [0.05, 0.1) is 15.4 Å². The van der Waals surface area contributed by atoms with Crippen LogP contribution in [0, 0.1) is 0 Å². The lowest BCUT2D eigenvalue weighted by molar-refractivity contribution is -0.135. The Kier molecular flexibility index (Phi) is 3.27. The zero-order valence-corrected chi connectivity index (χ0v) is 12.1. The molecular formula is C14H15NO2S2. The van der Waals surface area contributed by atoms with Gasteiger partial charge < -0.3 is 10.0 Å². The number of nitrogens with zero attached hydrogens (tertiary/aromatic N) is 1. The number of thioether (sulfide) groups is 1. The van der Waals surface area contributed by atoms with Gasteiger partial charge in [0.25, 0.3) is 0 Å². The van der Waals surface area contributed by atoms with Crippen molar-refractivity contribution in [2.24, 2.45) is 0 Å². The van der Waals surface area contributed by atoms with Gasteiger partial charge in [-0.1, -0.05) is 37.2 Å². The molecule has 100 valence electrons. The van der Waals surface area contributed by atoms with Gasteiger partial charge in [0.15, 0.2) is 0 Å². The molecule has 2 aliphatic rings. The molecule has 0 amide bonds. The maximum atomic E-state index is 11.1. The van der Waals surface area contributed by atoms with Crippen LogP contribution in [0.2, 0.25) is 0 Å². The van der Waals surface area contributed by atoms with E-state index in [0.717, 1.165) is 28.4 Å². The van der Waals surface area contributed by atoms with Crippen molar-refractivity contribution in [1.82, 2.24) is 0 Å². The minimum absolute atomic E-state index is 0.0435. The summed E-state index contributed by atoms with van der Waals surface area (Å²) in [6.45, 7) is -0.0435. The lowest BCUT2D eigenvalue weighted by Gasteiger charge is -2.42. The largest absolute Gasteiger partial charge is 0.480 e. The van der Waals surface area contributed by atoms with E-state index in [2.05, 4.69) is 6.07 Å². The van der Waals surface area contributed by atoms with Crippen molar-refractivity contribution in [3.8, 4) is 0 Å². The Hall–Kier alpha value is -1.07. The molecule has 0 atom stereocenters. The molecule has 3 nitrogen and oxygen atoms in total. The van der Waals surface area contributed by atoms with Crippen molar-refractivity contribution in [3.63, 3.8) is 0 Å². The molecule has 5 heteroatoms. The molecule has 1 spiro atoms. The number of anilines is 1. The van der Waals surface area contributed by atoms with Crippen molar-refractivity contribution in [2.75, 3.05) is 11.4 Å². The van der Waals surface area contributed by atoms with Crippen molar-refractivity contribution in [1.29, 1.82) is 0 Å². The fourth-order valence-corrected chi connectivity index (χ4v) is 4.96. The van der Waals surface area contributed by atoms with Crippen molar-refractivity contribution in [2.45, 2.75) is 35.3 Å². The van der Waals surface area contributed by atoms with Crippen LogP contribution in [0.15, 0.2) is 29.2 Å². The Labute approximate surface area is 122 Å². The van der Waals surface area contributed by atoms with E-state index in [0.29, 0.717) is 0 Å². The summed E-state index contributed by atoms with van der Waals surface area (Å²) in [7, 11) is 0. The Morgan fingerprint density at radius 3 is 2.74 bits per heavy atom. The smallest absolute Gasteiger partial charge is 0.323 e. The lowest BCUT2D eigenvalue weighted by Crippen LogP contribution is -2.49. The van der Waals surface area contributed by atoms with Crippen molar-refractivity contribution >= 4 is 40.6 Å². The SMILES string of the molecule is O=C(O)CN1C(=S)C2(CCCC2)Sc2ccccc21. The van der Waals surface area contributed by atoms with Gasteiger partial charge in [0.1, 0.15) is 6.54 Å². The summed E-state index contributed by atoms with van der Waals surface area (Å²) in [4.78, 5) is 14.9. The lowest BCUT2D eigenvalue weighted by atomic mass is 10.0. The van der Waals surface area contributed by atoms with E-state index in [9.17, 15) is 4.79 Å². The molecule has 1 aliphatic heterocycles. The fraction of sp³-hybridized carbons (Fsp3) is 0.429. The van der Waals surface area contributed by atoms with E-state index < -0.39 is 5.97 Å². The van der Waals surface area contributed by atoms with Crippen LogP contribution < -0.4 is 4.90 Å². The van der Waals surface area contributed by atoms with Gasteiger partial charge in [-0.2, -0.15) is 0 Å². The summed E-state index contributed by atoms with van der Waals surface area (Å²) < 4.78 is -0.0564. The molecule has 0 radical (unpaired) electrons. The second-order valence-electron chi connectivity index (χ2n) is 5.06. The quantitative estimate of drug-likeness (QED) is 0.847. The molecule has 0 unspecified atom stereocenters. The minimum Gasteiger partial charge on any atom is -0.480 e. The number of aliphatic carboxylic acids is 1. The number of carboxylic acid groups (broad SMARTS) is 1. The predicted molar refractivity (Wildman–Crippen MR) is 81.1 cm³/mol. The molecular weight excluding hydrogens is 278 g/mol. The second-order valence-corrected chi connectivity index (χ2v) is 6.87. The number of carbonyl (C=O) groups is 1. The van der Waals surface area contributed by atoms with Gasteiger partial charge in [0, 0.05) is 4.90 Å². The third-order valence-corrected chi connectivity index (χ3v) is 6.10. The molecule has 1 N–H and O–H groups in total. The number of rotatable bonds is 2. The van der Waals surface area contributed by atoms with E-state index in [-0.39, 0.29) is 11.3 Å². The average molecular weight is 293 g/mol. The fourth-order valence-electron chi connectivity index (χ4n) is 2.93. The first-order valence-corrected chi connectivity index (χ1v) is 7.67. The Balaban J connectivity index is 2.05. The van der Waals surface area contributed by atoms with Gasteiger partial charge in [-0.05, 0) is 25.0 Å². The highest BCUT2D eigenvalue weighted by Gasteiger charge is 2.45. The average Bonchev–Trinajstić information content (AvgIpc) is 2.84. The number of thiocarbonyl (C=S) groups is 1. The number of para-hydroxylation sites is 1. The van der Waals surface area contributed by atoms with E-state index in [1.807, 2.05) is 34.9 Å². The standard InChI is InChI=1S/C14H15NO2S2/c16-12(17)9-15-10-5-1-2-6-11(10)19-14(13(15)18)7-3-4-8-14/h1-2,5-6H,3-4,7-9H2,(H,16,17). The van der Waals surface area contributed by atoms with Gasteiger partial charge in [-0.3, -0.25) is 4.79 Å². The summed E-state index contributed by atoms with van der Waals surface area (Å²) in [6.07, 6.45) is 4.47. The van der Waals surface area contributed by atoms with Crippen molar-refractivity contribution < 1.29 is 9.90 Å². The molecule has 1 heterocycles. The third kappa shape index (κ3) is 2.15. The van der Waals surface area contributed by atoms with Crippen LogP contribution in [0.5, 0.6) is 0 Å². The number of fused-ring (bicyclic) bond motifs is 1. The first-order chi connectivity index (χ1) is 9.12. The number of hydrogen-bond donors (Lipinski definition) is 1. The summed E-state index contributed by atoms with van der Waals surface area (Å²) in [6, 6.07) is 7.96. The molecule has 1 aliphatic carbocycles. The van der Waals surface area contributed by atoms with Crippen LogP contribution >= 0.6 is 24.0 Å². The van der Waals surface area contributed by atoms with Gasteiger partial charge >= 0.3 is 5.97 Å². The number of benzene rings is 1. The summed E-state index contributed by atoms with van der Waals surface area (Å²) >= 11 is 7.47. The molecule has 1 aromatic rings. The number of hydrogen-bond acceptors (Lipinski definition) is 3. The molecule has 3 rings (SSSR count). The van der Waals surface area contributed by atoms with E-state index in [1.165, 1.54) is 12.8 Å². The maximum Gasteiger partial charge on any atom is 0.323 e. The Morgan fingerprint density at radius 1 is 1.37 bits per heavy atom. The maximum absolute atomic E-state index is 11.1. The van der Waals surface area contributed by atoms with Crippen LogP contribution in [-0.4, -0.2) is 27.4 Å². The zero-order valence-electron chi connectivity index (χ0n) is 10.5. The van der Waals surface area contributed by atoms with Crippen LogP contribution in [0.4, 0.5) is 5.69 Å². The highest BCUT2D eigenvalue weighted by molar-refractivity contribution is 8.03. The van der Waals surface area contributed by atoms with Crippen LogP contribution in [0.3, 0.4) is 0 Å². The molecule has 0 aromatic heterocycles. The van der Waals surface area contributed by atoms with Gasteiger partial charge in [0.2, 0.25) is 0 Å². The second kappa shape index (κ2) is 4.80. The number of carboxylic acids is 1. The molecule has 0 saturated heterocycles. The molecule has 1 fully saturated rings. The van der Waals surface area contributed by atoms with E-state index in [4.69, 9.17) is 17.3 Å². The molecule has 0 bridgehead atoms. The van der Waals surface area contributed by atoms with Gasteiger partial charge in [-0.15, -0.1) is 11.8 Å². The van der Waals surface area contributed by atoms with Crippen LogP contribution in [0.1, 0.15) is 25.7 Å². The van der Waals surface area contributed by atoms with E-state index >= 15 is 0 Å². The summed E-state index contributed by atoms with van der Waals surface area (Å²) in [5, 5.41) is 9.13. The minimum atomic E-state index is -0.836. The monoisotopic (exact) mass is 293 g/mol.